The second-order valence-electron chi connectivity index (χ2n) is 5.31. The first-order valence-electron chi connectivity index (χ1n) is 8.18. The maximum absolute atomic E-state index is 8.46. The fourth-order valence-electron chi connectivity index (χ4n) is 2.76. The summed E-state index contributed by atoms with van der Waals surface area (Å²) in [6.45, 7) is 10.8. The Morgan fingerprint density at radius 2 is 1.73 bits per heavy atom. The molecule has 0 amide bonds. The van der Waals surface area contributed by atoms with Gasteiger partial charge in [0, 0.05) is 32.7 Å². The van der Waals surface area contributed by atoms with E-state index in [9.17, 15) is 0 Å². The van der Waals surface area contributed by atoms with Crippen LogP contribution in [0.15, 0.2) is 24.3 Å². The average molecular weight is 301 g/mol. The molecule has 0 saturated carbocycles. The summed E-state index contributed by atoms with van der Waals surface area (Å²) in [4.78, 5) is 9.28. The maximum Gasteiger partial charge on any atom is 0.172 e. The van der Waals surface area contributed by atoms with Gasteiger partial charge in [-0.1, -0.05) is 26.0 Å². The largest absolute Gasteiger partial charge is 0.351 e. The number of para-hydroxylation sites is 2. The Kier molecular flexibility index (Phi) is 5.55. The van der Waals surface area contributed by atoms with E-state index >= 15 is 0 Å². The number of fused-ring (bicyclic) bond motifs is 1. The van der Waals surface area contributed by atoms with E-state index < -0.39 is 0 Å². The summed E-state index contributed by atoms with van der Waals surface area (Å²) in [6, 6.07) is 8.08. The highest BCUT2D eigenvalue weighted by Gasteiger charge is 2.18. The molecule has 0 radical (unpaired) electrons. The minimum atomic E-state index is 0.524. The molecule has 0 spiro atoms. The summed E-state index contributed by atoms with van der Waals surface area (Å²) in [5.41, 5.74) is 2.54. The van der Waals surface area contributed by atoms with Crippen molar-refractivity contribution in [3.05, 3.63) is 29.8 Å². The van der Waals surface area contributed by atoms with Crippen LogP contribution in [0.4, 0.5) is 5.82 Å². The van der Waals surface area contributed by atoms with Crippen molar-refractivity contribution in [1.29, 1.82) is 5.41 Å². The number of benzene rings is 1. The lowest BCUT2D eigenvalue weighted by molar-refractivity contribution is 0.311. The number of aryl methyl sites for hydroxylation is 1. The second-order valence-corrected chi connectivity index (χ2v) is 5.31. The standard InChI is InChI=1S/C15H21N5.C2H6/c1-3-20-13-7-5-4-6-12(13)17-15(14(20)16)19-10-8-18(2)9-11-19;1-2/h4-7,16H,3,8-11H2,1-2H3;1-2H3. The minimum Gasteiger partial charge on any atom is -0.351 e. The third kappa shape index (κ3) is 3.14. The Bertz CT molecular complexity index is 668. The second kappa shape index (κ2) is 7.40. The zero-order valence-electron chi connectivity index (χ0n) is 14.1. The summed E-state index contributed by atoms with van der Waals surface area (Å²) < 4.78 is 2.04. The molecule has 1 N–H and O–H groups in total. The van der Waals surface area contributed by atoms with Gasteiger partial charge in [0.15, 0.2) is 11.3 Å². The quantitative estimate of drug-likeness (QED) is 0.926. The van der Waals surface area contributed by atoms with Gasteiger partial charge in [0.2, 0.25) is 0 Å². The molecule has 3 rings (SSSR count). The highest BCUT2D eigenvalue weighted by atomic mass is 15.3. The summed E-state index contributed by atoms with van der Waals surface area (Å²) in [5, 5.41) is 8.46. The first-order chi connectivity index (χ1) is 10.7. The van der Waals surface area contributed by atoms with Crippen LogP contribution in [0.5, 0.6) is 0 Å². The molecule has 1 aliphatic rings. The van der Waals surface area contributed by atoms with Gasteiger partial charge in [-0.25, -0.2) is 4.98 Å². The Morgan fingerprint density at radius 3 is 2.36 bits per heavy atom. The van der Waals surface area contributed by atoms with E-state index in [-0.39, 0.29) is 0 Å². The van der Waals surface area contributed by atoms with Crippen molar-refractivity contribution in [1.82, 2.24) is 14.5 Å². The van der Waals surface area contributed by atoms with Crippen molar-refractivity contribution < 1.29 is 0 Å². The van der Waals surface area contributed by atoms with Crippen molar-refractivity contribution in [3.8, 4) is 0 Å². The van der Waals surface area contributed by atoms with Crippen LogP contribution < -0.4 is 10.4 Å². The van der Waals surface area contributed by atoms with E-state index in [0.29, 0.717) is 5.49 Å². The number of nitrogens with zero attached hydrogens (tertiary/aromatic N) is 4. The monoisotopic (exact) mass is 301 g/mol. The molecule has 5 heteroatoms. The number of rotatable bonds is 2. The molecule has 5 nitrogen and oxygen atoms in total. The van der Waals surface area contributed by atoms with Gasteiger partial charge in [-0.15, -0.1) is 0 Å². The fraction of sp³-hybridized carbons (Fsp3) is 0.529. The molecule has 0 aliphatic carbocycles. The van der Waals surface area contributed by atoms with Crippen LogP contribution in [0.3, 0.4) is 0 Å². The van der Waals surface area contributed by atoms with Gasteiger partial charge in [0.25, 0.3) is 0 Å². The zero-order chi connectivity index (χ0) is 16.1. The summed E-state index contributed by atoms with van der Waals surface area (Å²) >= 11 is 0. The molecule has 0 unspecified atom stereocenters. The first kappa shape index (κ1) is 16.5. The van der Waals surface area contributed by atoms with Gasteiger partial charge in [-0.3, -0.25) is 5.41 Å². The van der Waals surface area contributed by atoms with Crippen LogP contribution >= 0.6 is 0 Å². The van der Waals surface area contributed by atoms with E-state index in [1.807, 2.05) is 42.7 Å². The first-order valence-corrected chi connectivity index (χ1v) is 8.18. The van der Waals surface area contributed by atoms with Crippen LogP contribution in [0.25, 0.3) is 11.0 Å². The number of hydrogen-bond acceptors (Lipinski definition) is 4. The number of piperazine rings is 1. The predicted octanol–water partition coefficient (Wildman–Crippen LogP) is 2.31. The van der Waals surface area contributed by atoms with Crippen LogP contribution in [0.1, 0.15) is 20.8 Å². The molecule has 1 aliphatic heterocycles. The third-order valence-corrected chi connectivity index (χ3v) is 4.00. The molecule has 1 fully saturated rings. The molecule has 22 heavy (non-hydrogen) atoms. The van der Waals surface area contributed by atoms with Crippen LogP contribution in [-0.2, 0) is 6.54 Å². The Morgan fingerprint density at radius 1 is 1.09 bits per heavy atom. The van der Waals surface area contributed by atoms with Crippen LogP contribution in [-0.4, -0.2) is 47.7 Å². The fourth-order valence-corrected chi connectivity index (χ4v) is 2.76. The number of anilines is 1. The Balaban J connectivity index is 0.000000847. The van der Waals surface area contributed by atoms with E-state index in [1.54, 1.807) is 0 Å². The normalized spacial score (nSPS) is 15.5. The van der Waals surface area contributed by atoms with Crippen molar-refractivity contribution in [2.75, 3.05) is 38.1 Å². The van der Waals surface area contributed by atoms with Crippen molar-refractivity contribution in [3.63, 3.8) is 0 Å². The molecule has 120 valence electrons. The van der Waals surface area contributed by atoms with E-state index in [4.69, 9.17) is 10.4 Å². The molecular formula is C17H27N5. The van der Waals surface area contributed by atoms with E-state index in [0.717, 1.165) is 49.6 Å². The van der Waals surface area contributed by atoms with Crippen molar-refractivity contribution in [2.24, 2.45) is 0 Å². The number of nitrogens with one attached hydrogen (secondary N) is 1. The molecule has 1 aromatic carbocycles. The summed E-state index contributed by atoms with van der Waals surface area (Å²) in [7, 11) is 2.14. The lowest BCUT2D eigenvalue weighted by Crippen LogP contribution is -2.47. The van der Waals surface area contributed by atoms with E-state index in [2.05, 4.69) is 23.8 Å². The Hall–Kier alpha value is -1.88. The molecule has 0 atom stereocenters. The van der Waals surface area contributed by atoms with Crippen molar-refractivity contribution in [2.45, 2.75) is 27.3 Å². The number of hydrogen-bond donors (Lipinski definition) is 1. The zero-order valence-corrected chi connectivity index (χ0v) is 14.1. The maximum atomic E-state index is 8.46. The van der Waals surface area contributed by atoms with Gasteiger partial charge >= 0.3 is 0 Å². The summed E-state index contributed by atoms with van der Waals surface area (Å²) in [5.74, 6) is 0.818. The molecule has 0 bridgehead atoms. The van der Waals surface area contributed by atoms with Crippen molar-refractivity contribution >= 4 is 16.9 Å². The van der Waals surface area contributed by atoms with Gasteiger partial charge in [-0.2, -0.15) is 0 Å². The molecule has 2 heterocycles. The smallest absolute Gasteiger partial charge is 0.172 e. The average Bonchev–Trinajstić information content (AvgIpc) is 2.57. The lowest BCUT2D eigenvalue weighted by Gasteiger charge is -2.33. The Labute approximate surface area is 132 Å². The van der Waals surface area contributed by atoms with Gasteiger partial charge in [0.1, 0.15) is 0 Å². The molecule has 2 aromatic rings. The minimum absolute atomic E-state index is 0.524. The van der Waals surface area contributed by atoms with Gasteiger partial charge in [0.05, 0.1) is 11.0 Å². The molecular weight excluding hydrogens is 274 g/mol. The highest BCUT2D eigenvalue weighted by Crippen LogP contribution is 2.15. The van der Waals surface area contributed by atoms with E-state index in [1.165, 1.54) is 0 Å². The SMILES string of the molecule is CC.CCn1c(=N)c(N2CCN(C)CC2)nc2ccccc21. The number of aromatic nitrogens is 2. The van der Waals surface area contributed by atoms with Crippen LogP contribution in [0.2, 0.25) is 0 Å². The van der Waals surface area contributed by atoms with Crippen LogP contribution in [0, 0.1) is 5.41 Å². The predicted molar refractivity (Wildman–Crippen MR) is 92.3 cm³/mol. The molecule has 1 aromatic heterocycles. The lowest BCUT2D eigenvalue weighted by atomic mass is 10.2. The summed E-state index contributed by atoms with van der Waals surface area (Å²) in [6.07, 6.45) is 0. The topological polar surface area (TPSA) is 48.2 Å². The number of likely N-dealkylation sites (N-methyl/N-ethyl adjacent to an activating group) is 1. The highest BCUT2D eigenvalue weighted by molar-refractivity contribution is 5.76. The third-order valence-electron chi connectivity index (χ3n) is 4.00. The van der Waals surface area contributed by atoms with Gasteiger partial charge in [-0.05, 0) is 26.1 Å². The molecule has 1 saturated heterocycles. The van der Waals surface area contributed by atoms with Gasteiger partial charge < -0.3 is 14.4 Å².